The van der Waals surface area contributed by atoms with E-state index < -0.39 is 0 Å². The van der Waals surface area contributed by atoms with Gasteiger partial charge in [-0.2, -0.15) is 0 Å². The molecule has 0 aliphatic carbocycles. The highest BCUT2D eigenvalue weighted by Crippen LogP contribution is 2.33. The number of rotatable bonds is 6. The van der Waals surface area contributed by atoms with E-state index >= 15 is 0 Å². The van der Waals surface area contributed by atoms with Crippen molar-refractivity contribution in [3.05, 3.63) is 18.2 Å². The Morgan fingerprint density at radius 1 is 1.38 bits per heavy atom. The first-order valence-electron chi connectivity index (χ1n) is 9.87. The van der Waals surface area contributed by atoms with E-state index in [1.807, 2.05) is 19.4 Å². The summed E-state index contributed by atoms with van der Waals surface area (Å²) >= 11 is 0. The van der Waals surface area contributed by atoms with Crippen molar-refractivity contribution in [2.75, 3.05) is 20.2 Å². The van der Waals surface area contributed by atoms with Crippen LogP contribution in [-0.2, 0) is 17.8 Å². The lowest BCUT2D eigenvalue weighted by Gasteiger charge is -2.40. The molecule has 2 rings (SSSR count). The van der Waals surface area contributed by atoms with Crippen molar-refractivity contribution in [2.24, 2.45) is 22.2 Å². The van der Waals surface area contributed by atoms with Gasteiger partial charge in [-0.05, 0) is 24.2 Å². The minimum Gasteiger partial charge on any atom is -0.377 e. The Morgan fingerprint density at radius 3 is 2.81 bits per heavy atom. The van der Waals surface area contributed by atoms with Gasteiger partial charge < -0.3 is 19.9 Å². The van der Waals surface area contributed by atoms with Gasteiger partial charge in [-0.25, -0.2) is 4.98 Å². The zero-order valence-corrected chi connectivity index (χ0v) is 17.4. The quantitative estimate of drug-likeness (QED) is 0.602. The Balaban J connectivity index is 1.87. The molecule has 0 amide bonds. The first-order chi connectivity index (χ1) is 12.3. The van der Waals surface area contributed by atoms with E-state index in [1.165, 1.54) is 6.42 Å². The molecule has 2 unspecified atom stereocenters. The number of aromatic nitrogens is 2. The molecular weight excluding hydrogens is 326 g/mol. The fraction of sp³-hybridized carbons (Fsp3) is 0.800. The van der Waals surface area contributed by atoms with Gasteiger partial charge in [0, 0.05) is 45.1 Å². The van der Waals surface area contributed by atoms with Gasteiger partial charge in [0.25, 0.3) is 0 Å². The van der Waals surface area contributed by atoms with Gasteiger partial charge in [-0.15, -0.1) is 0 Å². The second-order valence-corrected chi connectivity index (χ2v) is 8.76. The summed E-state index contributed by atoms with van der Waals surface area (Å²) in [6.45, 7) is 14.6. The molecule has 6 heteroatoms. The molecule has 2 atom stereocenters. The van der Waals surface area contributed by atoms with Crippen molar-refractivity contribution in [1.29, 1.82) is 0 Å². The second-order valence-electron chi connectivity index (χ2n) is 8.76. The summed E-state index contributed by atoms with van der Waals surface area (Å²) < 4.78 is 8.28. The molecule has 6 nitrogen and oxygen atoms in total. The largest absolute Gasteiger partial charge is 0.377 e. The average Bonchev–Trinajstić information content (AvgIpc) is 3.01. The summed E-state index contributed by atoms with van der Waals surface area (Å²) in [5, 5.41) is 6.88. The van der Waals surface area contributed by atoms with E-state index in [1.54, 1.807) is 0 Å². The van der Waals surface area contributed by atoms with Crippen LogP contribution in [0.15, 0.2) is 17.4 Å². The fourth-order valence-corrected chi connectivity index (χ4v) is 3.69. The molecule has 0 bridgehead atoms. The van der Waals surface area contributed by atoms with Gasteiger partial charge in [0.05, 0.1) is 12.6 Å². The van der Waals surface area contributed by atoms with Crippen LogP contribution in [0, 0.1) is 17.3 Å². The smallest absolute Gasteiger partial charge is 0.191 e. The van der Waals surface area contributed by atoms with Gasteiger partial charge in [0.2, 0.25) is 0 Å². The van der Waals surface area contributed by atoms with E-state index in [9.17, 15) is 0 Å². The molecule has 1 aliphatic rings. The Labute approximate surface area is 158 Å². The van der Waals surface area contributed by atoms with Gasteiger partial charge in [-0.3, -0.25) is 4.99 Å². The normalized spacial score (nSPS) is 21.9. The number of nitrogens with one attached hydrogen (secondary N) is 2. The van der Waals surface area contributed by atoms with Crippen LogP contribution in [0.4, 0.5) is 0 Å². The molecule has 1 saturated heterocycles. The molecule has 2 N–H and O–H groups in total. The summed E-state index contributed by atoms with van der Waals surface area (Å²) in [5.74, 6) is 2.96. The predicted molar refractivity (Wildman–Crippen MR) is 107 cm³/mol. The molecule has 148 valence electrons. The van der Waals surface area contributed by atoms with Crippen LogP contribution in [0.3, 0.4) is 0 Å². The number of imidazole rings is 1. The first kappa shape index (κ1) is 20.7. The maximum Gasteiger partial charge on any atom is 0.191 e. The number of hydrogen-bond acceptors (Lipinski definition) is 3. The molecule has 1 fully saturated rings. The highest BCUT2D eigenvalue weighted by Gasteiger charge is 2.35. The van der Waals surface area contributed by atoms with Crippen molar-refractivity contribution < 1.29 is 4.74 Å². The number of hydrogen-bond donors (Lipinski definition) is 2. The SMILES string of the molecule is CN=C(NCc1nccn1CC(C)C)NCC1CCCOC1C(C)(C)C. The summed E-state index contributed by atoms with van der Waals surface area (Å²) in [6.07, 6.45) is 6.53. The Hall–Kier alpha value is -1.56. The van der Waals surface area contributed by atoms with E-state index in [-0.39, 0.29) is 11.5 Å². The second kappa shape index (κ2) is 9.40. The molecular formula is C20H37N5O. The third-order valence-electron chi connectivity index (χ3n) is 4.83. The van der Waals surface area contributed by atoms with Crippen molar-refractivity contribution in [3.63, 3.8) is 0 Å². The minimum absolute atomic E-state index is 0.158. The highest BCUT2D eigenvalue weighted by atomic mass is 16.5. The van der Waals surface area contributed by atoms with Crippen molar-refractivity contribution >= 4 is 5.96 Å². The van der Waals surface area contributed by atoms with E-state index in [0.29, 0.717) is 18.4 Å². The molecule has 1 aromatic rings. The lowest BCUT2D eigenvalue weighted by atomic mass is 9.78. The molecule has 2 heterocycles. The summed E-state index contributed by atoms with van der Waals surface area (Å²) in [5.41, 5.74) is 0.158. The molecule has 0 saturated carbocycles. The molecule has 0 radical (unpaired) electrons. The Kier molecular flexibility index (Phi) is 7.50. The van der Waals surface area contributed by atoms with Gasteiger partial charge in [-0.1, -0.05) is 34.6 Å². The number of guanidine groups is 1. The van der Waals surface area contributed by atoms with Gasteiger partial charge >= 0.3 is 0 Å². The number of aliphatic imine (C=N–C) groups is 1. The lowest BCUT2D eigenvalue weighted by molar-refractivity contribution is -0.0835. The van der Waals surface area contributed by atoms with E-state index in [0.717, 1.165) is 37.9 Å². The van der Waals surface area contributed by atoms with Crippen LogP contribution in [0.1, 0.15) is 53.3 Å². The third-order valence-corrected chi connectivity index (χ3v) is 4.83. The maximum absolute atomic E-state index is 6.08. The minimum atomic E-state index is 0.158. The van der Waals surface area contributed by atoms with E-state index in [4.69, 9.17) is 4.74 Å². The van der Waals surface area contributed by atoms with Crippen LogP contribution in [0.2, 0.25) is 0 Å². The highest BCUT2D eigenvalue weighted by molar-refractivity contribution is 5.79. The summed E-state index contributed by atoms with van der Waals surface area (Å²) in [7, 11) is 1.81. The van der Waals surface area contributed by atoms with Crippen LogP contribution in [0.25, 0.3) is 0 Å². The molecule has 1 aliphatic heterocycles. The average molecular weight is 364 g/mol. The zero-order chi connectivity index (χ0) is 19.2. The van der Waals surface area contributed by atoms with Crippen molar-refractivity contribution in [1.82, 2.24) is 20.2 Å². The molecule has 26 heavy (non-hydrogen) atoms. The Morgan fingerprint density at radius 2 is 2.15 bits per heavy atom. The fourth-order valence-electron chi connectivity index (χ4n) is 3.69. The third kappa shape index (κ3) is 6.01. The van der Waals surface area contributed by atoms with E-state index in [2.05, 4.69) is 59.8 Å². The summed E-state index contributed by atoms with van der Waals surface area (Å²) in [4.78, 5) is 8.83. The summed E-state index contributed by atoms with van der Waals surface area (Å²) in [6, 6.07) is 0. The molecule has 0 aromatic carbocycles. The van der Waals surface area contributed by atoms with Crippen LogP contribution in [0.5, 0.6) is 0 Å². The number of ether oxygens (including phenoxy) is 1. The van der Waals surface area contributed by atoms with Crippen molar-refractivity contribution in [2.45, 2.75) is 66.7 Å². The van der Waals surface area contributed by atoms with Crippen LogP contribution < -0.4 is 10.6 Å². The topological polar surface area (TPSA) is 63.5 Å². The van der Waals surface area contributed by atoms with Crippen LogP contribution in [-0.4, -0.2) is 41.8 Å². The van der Waals surface area contributed by atoms with Gasteiger partial charge in [0.15, 0.2) is 5.96 Å². The number of nitrogens with zero attached hydrogens (tertiary/aromatic N) is 3. The van der Waals surface area contributed by atoms with Gasteiger partial charge in [0.1, 0.15) is 5.82 Å². The monoisotopic (exact) mass is 363 g/mol. The standard InChI is InChI=1S/C20H37N5O/c1-15(2)14-25-10-9-22-17(25)13-24-19(21-6)23-12-16-8-7-11-26-18(16)20(3,4)5/h9-10,15-16,18H,7-8,11-14H2,1-6H3,(H2,21,23,24). The molecule has 1 aromatic heterocycles. The molecule has 0 spiro atoms. The van der Waals surface area contributed by atoms with Crippen LogP contribution >= 0.6 is 0 Å². The zero-order valence-electron chi connectivity index (χ0n) is 17.4. The Bertz CT molecular complexity index is 573. The lowest BCUT2D eigenvalue weighted by Crippen LogP contribution is -2.47. The van der Waals surface area contributed by atoms with Crippen molar-refractivity contribution in [3.8, 4) is 0 Å². The first-order valence-corrected chi connectivity index (χ1v) is 9.87. The predicted octanol–water partition coefficient (Wildman–Crippen LogP) is 3.05. The maximum atomic E-state index is 6.08.